The van der Waals surface area contributed by atoms with Gasteiger partial charge in [0, 0.05) is 39.3 Å². The molecule has 1 fully saturated rings. The summed E-state index contributed by atoms with van der Waals surface area (Å²) in [6, 6.07) is 15.0. The smallest absolute Gasteiger partial charge is 0.400 e. The molecule has 28 heavy (non-hydrogen) atoms. The van der Waals surface area contributed by atoms with E-state index in [1.807, 2.05) is 48.5 Å². The van der Waals surface area contributed by atoms with Crippen LogP contribution in [-0.2, 0) is 0 Å². The fourth-order valence-electron chi connectivity index (χ4n) is 3.27. The molecule has 1 aromatic heterocycles. The van der Waals surface area contributed by atoms with Gasteiger partial charge >= 0.3 is 6.08 Å². The molecule has 0 saturated carbocycles. The van der Waals surface area contributed by atoms with Gasteiger partial charge in [0.1, 0.15) is 23.6 Å². The Balaban J connectivity index is 1.22. The molecule has 0 unspecified atom stereocenters. The number of aliphatic hydroxyl groups is 1. The molecule has 148 valence electrons. The Morgan fingerprint density at radius 1 is 0.893 bits per heavy atom. The lowest BCUT2D eigenvalue weighted by atomic mass is 10.3. The van der Waals surface area contributed by atoms with Crippen LogP contribution in [-0.4, -0.2) is 72.4 Å². The van der Waals surface area contributed by atoms with Gasteiger partial charge in [-0.2, -0.15) is 4.98 Å². The number of aliphatic hydroxyl groups excluding tert-OH is 1. The first-order valence-corrected chi connectivity index (χ1v) is 9.62. The van der Waals surface area contributed by atoms with Crippen LogP contribution in [0.2, 0.25) is 0 Å². The second-order valence-electron chi connectivity index (χ2n) is 6.78. The molecule has 7 heteroatoms. The molecule has 0 spiro atoms. The molecular formula is C21H25N3O4. The van der Waals surface area contributed by atoms with E-state index in [-0.39, 0.29) is 12.7 Å². The molecule has 2 aromatic carbocycles. The molecule has 0 aliphatic carbocycles. The Morgan fingerprint density at radius 3 is 2.29 bits per heavy atom. The number of benzene rings is 2. The summed E-state index contributed by atoms with van der Waals surface area (Å²) in [5, 5.41) is 8.99. The lowest BCUT2D eigenvalue weighted by Crippen LogP contribution is -2.48. The third-order valence-electron chi connectivity index (χ3n) is 4.86. The molecule has 4 rings (SSSR count). The van der Waals surface area contributed by atoms with Gasteiger partial charge in [-0.15, -0.1) is 0 Å². The maximum atomic E-state index is 8.99. The number of oxazole rings is 1. The summed E-state index contributed by atoms with van der Waals surface area (Å²) in [4.78, 5) is 8.98. The normalized spacial score (nSPS) is 15.8. The number of nitrogens with zero attached hydrogens (tertiary/aromatic N) is 3. The summed E-state index contributed by atoms with van der Waals surface area (Å²) in [7, 11) is 0. The van der Waals surface area contributed by atoms with E-state index in [2.05, 4.69) is 14.8 Å². The third kappa shape index (κ3) is 4.81. The predicted octanol–water partition coefficient (Wildman–Crippen LogP) is 2.61. The second-order valence-corrected chi connectivity index (χ2v) is 6.78. The minimum atomic E-state index is 0.231. The van der Waals surface area contributed by atoms with Crippen LogP contribution in [0, 0.1) is 0 Å². The maximum absolute atomic E-state index is 8.99. The Labute approximate surface area is 164 Å². The highest BCUT2D eigenvalue weighted by atomic mass is 16.6. The predicted molar refractivity (Wildman–Crippen MR) is 106 cm³/mol. The van der Waals surface area contributed by atoms with E-state index in [0.29, 0.717) is 17.9 Å². The highest BCUT2D eigenvalue weighted by Gasteiger charge is 2.15. The average Bonchev–Trinajstić information content (AvgIpc) is 3.13. The Bertz CT molecular complexity index is 840. The highest BCUT2D eigenvalue weighted by Crippen LogP contribution is 2.26. The van der Waals surface area contributed by atoms with E-state index >= 15 is 0 Å². The number of β-amino-alcohol motifs (C(OH)–C–C–N with tert-alkyl or cyclic N) is 1. The van der Waals surface area contributed by atoms with Gasteiger partial charge in [0.2, 0.25) is 0 Å². The molecule has 0 radical (unpaired) electrons. The largest absolute Gasteiger partial charge is 0.492 e. The number of hydrogen-bond acceptors (Lipinski definition) is 7. The molecular weight excluding hydrogens is 358 g/mol. The van der Waals surface area contributed by atoms with Crippen molar-refractivity contribution in [1.82, 2.24) is 14.8 Å². The van der Waals surface area contributed by atoms with Crippen molar-refractivity contribution >= 4 is 11.1 Å². The zero-order valence-corrected chi connectivity index (χ0v) is 15.8. The van der Waals surface area contributed by atoms with Crippen molar-refractivity contribution in [2.45, 2.75) is 0 Å². The second kappa shape index (κ2) is 9.05. The summed E-state index contributed by atoms with van der Waals surface area (Å²) in [6.07, 6.45) is 0.232. The van der Waals surface area contributed by atoms with Crippen LogP contribution in [0.1, 0.15) is 0 Å². The van der Waals surface area contributed by atoms with Gasteiger partial charge in [0.15, 0.2) is 5.58 Å². The minimum absolute atomic E-state index is 0.231. The van der Waals surface area contributed by atoms with Crippen molar-refractivity contribution < 1.29 is 19.0 Å². The molecule has 1 aliphatic rings. The third-order valence-corrected chi connectivity index (χ3v) is 4.86. The zero-order chi connectivity index (χ0) is 19.2. The first kappa shape index (κ1) is 18.7. The molecule has 2 heterocycles. The van der Waals surface area contributed by atoms with Gasteiger partial charge < -0.3 is 19.0 Å². The Kier molecular flexibility index (Phi) is 6.06. The van der Waals surface area contributed by atoms with Crippen molar-refractivity contribution in [3.63, 3.8) is 0 Å². The van der Waals surface area contributed by atoms with E-state index < -0.39 is 0 Å². The fourth-order valence-corrected chi connectivity index (χ4v) is 3.27. The maximum Gasteiger partial charge on any atom is 0.400 e. The van der Waals surface area contributed by atoms with Crippen LogP contribution in [0.5, 0.6) is 17.6 Å². The number of piperazine rings is 1. The lowest BCUT2D eigenvalue weighted by Gasteiger charge is -2.34. The molecule has 0 atom stereocenters. The van der Waals surface area contributed by atoms with Crippen LogP contribution in [0.25, 0.3) is 11.1 Å². The molecule has 1 saturated heterocycles. The minimum Gasteiger partial charge on any atom is -0.492 e. The average molecular weight is 383 g/mol. The number of para-hydroxylation sites is 2. The topological polar surface area (TPSA) is 71.2 Å². The quantitative estimate of drug-likeness (QED) is 0.641. The van der Waals surface area contributed by atoms with Crippen molar-refractivity contribution in [3.8, 4) is 17.6 Å². The summed E-state index contributed by atoms with van der Waals surface area (Å²) < 4.78 is 17.1. The first-order valence-electron chi connectivity index (χ1n) is 9.62. The molecule has 1 aliphatic heterocycles. The molecule has 1 N–H and O–H groups in total. The van der Waals surface area contributed by atoms with Crippen LogP contribution < -0.4 is 9.47 Å². The van der Waals surface area contributed by atoms with Crippen LogP contribution in [0.4, 0.5) is 0 Å². The molecule has 0 bridgehead atoms. The lowest BCUT2D eigenvalue weighted by molar-refractivity contribution is 0.102. The van der Waals surface area contributed by atoms with Gasteiger partial charge in [-0.25, -0.2) is 0 Å². The van der Waals surface area contributed by atoms with Gasteiger partial charge in [-0.05, 0) is 36.4 Å². The Hall–Kier alpha value is -2.61. The SMILES string of the molecule is OCCN1CCN(CCOc2ccc(Oc3nc4ccccc4o3)cc2)CC1. The number of ether oxygens (including phenoxy) is 2. The van der Waals surface area contributed by atoms with E-state index in [4.69, 9.17) is 19.0 Å². The molecule has 3 aromatic rings. The molecule has 7 nitrogen and oxygen atoms in total. The van der Waals surface area contributed by atoms with Crippen molar-refractivity contribution in [1.29, 1.82) is 0 Å². The van der Waals surface area contributed by atoms with Gasteiger partial charge in [0.05, 0.1) is 6.61 Å². The fraction of sp³-hybridized carbons (Fsp3) is 0.381. The Morgan fingerprint density at radius 2 is 1.57 bits per heavy atom. The van der Waals surface area contributed by atoms with Crippen molar-refractivity contribution in [3.05, 3.63) is 48.5 Å². The first-order chi connectivity index (χ1) is 13.8. The number of fused-ring (bicyclic) bond motifs is 1. The van der Waals surface area contributed by atoms with Gasteiger partial charge in [-0.3, -0.25) is 9.80 Å². The monoisotopic (exact) mass is 383 g/mol. The zero-order valence-electron chi connectivity index (χ0n) is 15.8. The number of hydrogen-bond donors (Lipinski definition) is 1. The van der Waals surface area contributed by atoms with Gasteiger partial charge in [-0.1, -0.05) is 12.1 Å². The number of rotatable bonds is 8. The summed E-state index contributed by atoms with van der Waals surface area (Å²) in [5.74, 6) is 1.46. The van der Waals surface area contributed by atoms with Crippen molar-refractivity contribution in [2.24, 2.45) is 0 Å². The van der Waals surface area contributed by atoms with E-state index in [1.165, 1.54) is 0 Å². The van der Waals surface area contributed by atoms with E-state index in [1.54, 1.807) is 0 Å². The summed E-state index contributed by atoms with van der Waals surface area (Å²) >= 11 is 0. The van der Waals surface area contributed by atoms with Crippen LogP contribution >= 0.6 is 0 Å². The van der Waals surface area contributed by atoms with Crippen molar-refractivity contribution in [2.75, 3.05) is 52.5 Å². The highest BCUT2D eigenvalue weighted by molar-refractivity contribution is 5.72. The number of aromatic nitrogens is 1. The van der Waals surface area contributed by atoms with E-state index in [9.17, 15) is 0 Å². The van der Waals surface area contributed by atoms with E-state index in [0.717, 1.165) is 50.5 Å². The molecule has 0 amide bonds. The van der Waals surface area contributed by atoms with Gasteiger partial charge in [0.25, 0.3) is 0 Å². The summed E-state index contributed by atoms with van der Waals surface area (Å²) in [6.45, 7) is 6.57. The standard InChI is InChI=1S/C21H25N3O4/c25-15-13-23-9-11-24(12-10-23)14-16-26-17-5-7-18(8-6-17)27-21-22-19-3-1-2-4-20(19)28-21/h1-8,25H,9-16H2. The van der Waals surface area contributed by atoms with Crippen LogP contribution in [0.15, 0.2) is 52.9 Å². The van der Waals surface area contributed by atoms with Crippen LogP contribution in [0.3, 0.4) is 0 Å². The summed E-state index contributed by atoms with van der Waals surface area (Å²) in [5.41, 5.74) is 1.48.